The lowest BCUT2D eigenvalue weighted by atomic mass is 10.2. The van der Waals surface area contributed by atoms with Gasteiger partial charge in [0, 0.05) is 19.5 Å². The minimum absolute atomic E-state index is 0.0900. The van der Waals surface area contributed by atoms with Crippen molar-refractivity contribution in [2.75, 3.05) is 7.11 Å². The van der Waals surface area contributed by atoms with Gasteiger partial charge in [0.05, 0.1) is 5.56 Å². The van der Waals surface area contributed by atoms with Crippen LogP contribution < -0.4 is 0 Å². The van der Waals surface area contributed by atoms with Crippen LogP contribution in [0.15, 0.2) is 12.4 Å². The van der Waals surface area contributed by atoms with Crippen molar-refractivity contribution in [1.29, 1.82) is 0 Å². The fourth-order valence-electron chi connectivity index (χ4n) is 1.50. The maximum atomic E-state index is 10.6. The molecule has 1 aromatic heterocycles. The predicted octanol–water partition coefficient (Wildman–Crippen LogP) is 1.27. The van der Waals surface area contributed by atoms with Gasteiger partial charge >= 0.3 is 5.97 Å². The molecule has 0 saturated heterocycles. The Hall–Kier alpha value is -1.49. The molecule has 1 fully saturated rings. The van der Waals surface area contributed by atoms with Crippen molar-refractivity contribution in [1.82, 2.24) is 9.97 Å². The Kier molecular flexibility index (Phi) is 2.64. The summed E-state index contributed by atoms with van der Waals surface area (Å²) in [6.07, 6.45) is 4.80. The van der Waals surface area contributed by atoms with Crippen molar-refractivity contribution >= 4 is 5.97 Å². The molecule has 1 N–H and O–H groups in total. The number of carboxylic acid groups (broad SMARTS) is 1. The lowest BCUT2D eigenvalue weighted by Crippen LogP contribution is -2.10. The zero-order valence-electron chi connectivity index (χ0n) is 8.38. The van der Waals surface area contributed by atoms with Gasteiger partial charge < -0.3 is 9.84 Å². The monoisotopic (exact) mass is 208 g/mol. The van der Waals surface area contributed by atoms with E-state index in [1.165, 1.54) is 12.4 Å². The van der Waals surface area contributed by atoms with Crippen LogP contribution in [0.1, 0.15) is 35.1 Å². The van der Waals surface area contributed by atoms with E-state index in [0.29, 0.717) is 11.7 Å². The van der Waals surface area contributed by atoms with Gasteiger partial charge in [0.25, 0.3) is 0 Å². The molecule has 5 heteroatoms. The maximum absolute atomic E-state index is 10.6. The van der Waals surface area contributed by atoms with Crippen molar-refractivity contribution in [3.63, 3.8) is 0 Å². The second-order valence-electron chi connectivity index (χ2n) is 3.63. The smallest absolute Gasteiger partial charge is 0.338 e. The number of carbonyl (C=O) groups is 1. The molecule has 1 heterocycles. The number of hydrogen-bond acceptors (Lipinski definition) is 4. The normalized spacial score (nSPS) is 17.4. The second kappa shape index (κ2) is 3.94. The molecule has 5 nitrogen and oxygen atoms in total. The molecule has 2 rings (SSSR count). The molecule has 1 aliphatic rings. The molecule has 80 valence electrons. The SMILES string of the molecule is COC(c1ncc(C(=O)O)cn1)C1CC1. The van der Waals surface area contributed by atoms with E-state index in [4.69, 9.17) is 9.84 Å². The predicted molar refractivity (Wildman–Crippen MR) is 51.5 cm³/mol. The van der Waals surface area contributed by atoms with Crippen LogP contribution in [0, 0.1) is 5.92 Å². The van der Waals surface area contributed by atoms with Gasteiger partial charge in [-0.15, -0.1) is 0 Å². The molecule has 1 aliphatic carbocycles. The number of carboxylic acids is 1. The third kappa shape index (κ3) is 2.12. The highest BCUT2D eigenvalue weighted by Crippen LogP contribution is 2.41. The first-order valence-electron chi connectivity index (χ1n) is 4.80. The van der Waals surface area contributed by atoms with Crippen molar-refractivity contribution < 1.29 is 14.6 Å². The van der Waals surface area contributed by atoms with E-state index in [9.17, 15) is 4.79 Å². The van der Waals surface area contributed by atoms with Crippen LogP contribution in [0.5, 0.6) is 0 Å². The Morgan fingerprint density at radius 1 is 1.53 bits per heavy atom. The highest BCUT2D eigenvalue weighted by Gasteiger charge is 2.34. The molecule has 1 aromatic rings. The van der Waals surface area contributed by atoms with E-state index in [0.717, 1.165) is 12.8 Å². The van der Waals surface area contributed by atoms with Crippen molar-refractivity contribution in [2.45, 2.75) is 18.9 Å². The summed E-state index contributed by atoms with van der Waals surface area (Å²) in [5, 5.41) is 8.68. The van der Waals surface area contributed by atoms with E-state index in [2.05, 4.69) is 9.97 Å². The number of aromatic nitrogens is 2. The summed E-state index contributed by atoms with van der Waals surface area (Å²) in [6, 6.07) is 0. The molecule has 0 aromatic carbocycles. The van der Waals surface area contributed by atoms with Crippen LogP contribution >= 0.6 is 0 Å². The van der Waals surface area contributed by atoms with Gasteiger partial charge in [0.1, 0.15) is 6.10 Å². The summed E-state index contributed by atoms with van der Waals surface area (Å²) >= 11 is 0. The van der Waals surface area contributed by atoms with Gasteiger partial charge in [-0.1, -0.05) is 0 Å². The molecular weight excluding hydrogens is 196 g/mol. The largest absolute Gasteiger partial charge is 0.478 e. The van der Waals surface area contributed by atoms with Crippen LogP contribution in [0.2, 0.25) is 0 Å². The maximum Gasteiger partial charge on any atom is 0.338 e. The van der Waals surface area contributed by atoms with Crippen LogP contribution in [0.4, 0.5) is 0 Å². The topological polar surface area (TPSA) is 72.3 Å². The van der Waals surface area contributed by atoms with E-state index < -0.39 is 5.97 Å². The standard InChI is InChI=1S/C10H12N2O3/c1-15-8(6-2-3-6)9-11-4-7(5-12-9)10(13)14/h4-6,8H,2-3H2,1H3,(H,13,14). The van der Waals surface area contributed by atoms with Gasteiger partial charge in [-0.25, -0.2) is 14.8 Å². The number of hydrogen-bond donors (Lipinski definition) is 1. The van der Waals surface area contributed by atoms with Crippen LogP contribution in [-0.4, -0.2) is 28.2 Å². The van der Waals surface area contributed by atoms with Crippen LogP contribution in [-0.2, 0) is 4.74 Å². The molecule has 1 saturated carbocycles. The molecule has 0 radical (unpaired) electrons. The van der Waals surface area contributed by atoms with Crippen molar-refractivity contribution in [3.05, 3.63) is 23.8 Å². The van der Waals surface area contributed by atoms with E-state index >= 15 is 0 Å². The third-order valence-corrected chi connectivity index (χ3v) is 2.48. The molecule has 0 spiro atoms. The van der Waals surface area contributed by atoms with Gasteiger partial charge in [0.15, 0.2) is 5.82 Å². The van der Waals surface area contributed by atoms with Gasteiger partial charge in [-0.3, -0.25) is 0 Å². The first kappa shape index (κ1) is 10.0. The first-order chi connectivity index (χ1) is 7.22. The summed E-state index contributed by atoms with van der Waals surface area (Å²) in [5.74, 6) is 0.0533. The van der Waals surface area contributed by atoms with Crippen LogP contribution in [0.25, 0.3) is 0 Å². The van der Waals surface area contributed by atoms with E-state index in [1.54, 1.807) is 7.11 Å². The minimum atomic E-state index is -1.01. The zero-order chi connectivity index (χ0) is 10.8. The van der Waals surface area contributed by atoms with Gasteiger partial charge in [-0.2, -0.15) is 0 Å². The van der Waals surface area contributed by atoms with E-state index in [1.807, 2.05) is 0 Å². The Morgan fingerprint density at radius 2 is 2.13 bits per heavy atom. The van der Waals surface area contributed by atoms with Gasteiger partial charge in [-0.05, 0) is 18.8 Å². The van der Waals surface area contributed by atoms with E-state index in [-0.39, 0.29) is 11.7 Å². The molecule has 0 amide bonds. The molecule has 0 aliphatic heterocycles. The fraction of sp³-hybridized carbons (Fsp3) is 0.500. The van der Waals surface area contributed by atoms with Gasteiger partial charge in [0.2, 0.25) is 0 Å². The lowest BCUT2D eigenvalue weighted by molar-refractivity contribution is 0.0690. The average Bonchev–Trinajstić information content (AvgIpc) is 3.04. The van der Waals surface area contributed by atoms with Crippen LogP contribution in [0.3, 0.4) is 0 Å². The molecule has 1 unspecified atom stereocenters. The van der Waals surface area contributed by atoms with Crippen molar-refractivity contribution in [2.24, 2.45) is 5.92 Å². The number of rotatable bonds is 4. The minimum Gasteiger partial charge on any atom is -0.478 e. The highest BCUT2D eigenvalue weighted by atomic mass is 16.5. The molecule has 0 bridgehead atoms. The summed E-state index contributed by atoms with van der Waals surface area (Å²) in [6.45, 7) is 0. The first-order valence-corrected chi connectivity index (χ1v) is 4.80. The fourth-order valence-corrected chi connectivity index (χ4v) is 1.50. The second-order valence-corrected chi connectivity index (χ2v) is 3.63. The molecule has 15 heavy (non-hydrogen) atoms. The lowest BCUT2D eigenvalue weighted by Gasteiger charge is -2.12. The Balaban J connectivity index is 2.17. The number of methoxy groups -OCH3 is 1. The Morgan fingerprint density at radius 3 is 2.53 bits per heavy atom. The zero-order valence-corrected chi connectivity index (χ0v) is 8.38. The number of ether oxygens (including phenoxy) is 1. The summed E-state index contributed by atoms with van der Waals surface area (Å²) in [7, 11) is 1.62. The molecule has 1 atom stereocenters. The van der Waals surface area contributed by atoms with Crippen molar-refractivity contribution in [3.8, 4) is 0 Å². The number of nitrogens with zero attached hydrogens (tertiary/aromatic N) is 2. The average molecular weight is 208 g/mol. The highest BCUT2D eigenvalue weighted by molar-refractivity contribution is 5.86. The summed E-state index contributed by atoms with van der Waals surface area (Å²) < 4.78 is 5.29. The molecular formula is C10H12N2O3. The Labute approximate surface area is 87.1 Å². The summed E-state index contributed by atoms with van der Waals surface area (Å²) in [5.41, 5.74) is 0.101. The summed E-state index contributed by atoms with van der Waals surface area (Å²) in [4.78, 5) is 18.6. The number of aromatic carboxylic acids is 1. The third-order valence-electron chi connectivity index (χ3n) is 2.48. The Bertz CT molecular complexity index is 359. The quantitative estimate of drug-likeness (QED) is 0.806.